The smallest absolute Gasteiger partial charge is 0.278 e. The molecule has 0 atom stereocenters. The van der Waals surface area contributed by atoms with Gasteiger partial charge in [0, 0.05) is 12.2 Å². The van der Waals surface area contributed by atoms with Crippen LogP contribution in [-0.4, -0.2) is 36.4 Å². The number of para-hydroxylation sites is 1. The number of benzene rings is 3. The Bertz CT molecular complexity index is 1260. The van der Waals surface area contributed by atoms with Gasteiger partial charge < -0.3 is 9.64 Å². The van der Waals surface area contributed by atoms with E-state index in [4.69, 9.17) is 4.74 Å². The molecule has 0 N–H and O–H groups in total. The Morgan fingerprint density at radius 1 is 0.853 bits per heavy atom. The second-order valence-corrected chi connectivity index (χ2v) is 8.91. The van der Waals surface area contributed by atoms with Gasteiger partial charge in [-0.15, -0.1) is 0 Å². The highest BCUT2D eigenvalue weighted by molar-refractivity contribution is 6.36. The van der Waals surface area contributed by atoms with E-state index in [1.165, 1.54) is 10.5 Å². The fraction of sp³-hybridized carbons (Fsp3) is 0.241. The van der Waals surface area contributed by atoms with Crippen molar-refractivity contribution < 1.29 is 14.3 Å². The predicted molar refractivity (Wildman–Crippen MR) is 134 cm³/mol. The summed E-state index contributed by atoms with van der Waals surface area (Å²) in [6.45, 7) is 5.18. The lowest BCUT2D eigenvalue weighted by atomic mass is 9.98. The van der Waals surface area contributed by atoms with E-state index >= 15 is 0 Å². The number of rotatable bonds is 6. The van der Waals surface area contributed by atoms with Crippen molar-refractivity contribution in [3.05, 3.63) is 101 Å². The molecule has 0 spiro atoms. The lowest BCUT2D eigenvalue weighted by molar-refractivity contribution is -0.137. The summed E-state index contributed by atoms with van der Waals surface area (Å²) in [5, 5.41) is 0. The molecular formula is C29H28N2O3. The van der Waals surface area contributed by atoms with E-state index in [1.807, 2.05) is 79.4 Å². The number of aryl methyl sites for hydroxylation is 3. The Balaban J connectivity index is 1.46. The molecule has 0 saturated heterocycles. The quantitative estimate of drug-likeness (QED) is 0.499. The molecule has 0 aromatic heterocycles. The van der Waals surface area contributed by atoms with Crippen molar-refractivity contribution in [1.29, 1.82) is 0 Å². The Kier molecular flexibility index (Phi) is 5.93. The second-order valence-electron chi connectivity index (χ2n) is 8.91. The highest BCUT2D eigenvalue weighted by Crippen LogP contribution is 2.37. The van der Waals surface area contributed by atoms with Crippen molar-refractivity contribution in [3.63, 3.8) is 0 Å². The monoisotopic (exact) mass is 452 g/mol. The maximum absolute atomic E-state index is 13.7. The fourth-order valence-electron chi connectivity index (χ4n) is 4.92. The summed E-state index contributed by atoms with van der Waals surface area (Å²) in [5.74, 6) is 0.223. The van der Waals surface area contributed by atoms with Gasteiger partial charge in [0.2, 0.25) is 0 Å². The van der Waals surface area contributed by atoms with Crippen LogP contribution < -0.4 is 9.64 Å². The molecule has 2 aliphatic heterocycles. The number of hydrogen-bond acceptors (Lipinski definition) is 4. The number of hydrogen-bond donors (Lipinski definition) is 0. The van der Waals surface area contributed by atoms with E-state index < -0.39 is 0 Å². The fourth-order valence-corrected chi connectivity index (χ4v) is 4.92. The Morgan fingerprint density at radius 2 is 1.56 bits per heavy atom. The average Bonchev–Trinajstić information content (AvgIpc) is 3.08. The minimum Gasteiger partial charge on any atom is -0.492 e. The lowest BCUT2D eigenvalue weighted by Crippen LogP contribution is -2.39. The molecule has 2 aliphatic rings. The lowest BCUT2D eigenvalue weighted by Gasteiger charge is -2.32. The number of imide groups is 1. The molecule has 5 nitrogen and oxygen atoms in total. The molecule has 0 radical (unpaired) electrons. The van der Waals surface area contributed by atoms with Crippen LogP contribution in [0.5, 0.6) is 5.75 Å². The van der Waals surface area contributed by atoms with Crippen molar-refractivity contribution in [2.45, 2.75) is 26.7 Å². The zero-order valence-electron chi connectivity index (χ0n) is 19.6. The van der Waals surface area contributed by atoms with E-state index in [-0.39, 0.29) is 25.0 Å². The van der Waals surface area contributed by atoms with Crippen LogP contribution >= 0.6 is 0 Å². The van der Waals surface area contributed by atoms with E-state index in [9.17, 15) is 9.59 Å². The third-order valence-corrected chi connectivity index (χ3v) is 6.37. The summed E-state index contributed by atoms with van der Waals surface area (Å²) in [6.07, 6.45) is 1.90. The summed E-state index contributed by atoms with van der Waals surface area (Å²) >= 11 is 0. The van der Waals surface area contributed by atoms with Gasteiger partial charge in [-0.25, -0.2) is 0 Å². The Labute approximate surface area is 200 Å². The van der Waals surface area contributed by atoms with Crippen LogP contribution in [-0.2, 0) is 16.0 Å². The largest absolute Gasteiger partial charge is 0.492 e. The average molecular weight is 453 g/mol. The maximum Gasteiger partial charge on any atom is 0.278 e. The Morgan fingerprint density at radius 3 is 2.32 bits per heavy atom. The van der Waals surface area contributed by atoms with Gasteiger partial charge in [-0.1, -0.05) is 54.6 Å². The van der Waals surface area contributed by atoms with E-state index in [2.05, 4.69) is 12.1 Å². The molecule has 5 heteroatoms. The molecule has 0 unspecified atom stereocenters. The first-order valence-electron chi connectivity index (χ1n) is 11.8. The standard InChI is InChI=1S/C29H28N2O3/c1-20-17-21(2)19-24(18-20)34-16-15-31-28(32)26(23-10-4-3-5-11-23)27(29(31)33)30-14-8-12-22-9-6-7-13-25(22)30/h3-7,9-11,13,17-19H,8,12,14-16H2,1-2H3. The van der Waals surface area contributed by atoms with Crippen molar-refractivity contribution >= 4 is 23.1 Å². The molecule has 172 valence electrons. The highest BCUT2D eigenvalue weighted by atomic mass is 16.5. The minimum absolute atomic E-state index is 0.194. The first-order chi connectivity index (χ1) is 16.5. The number of amides is 2. The van der Waals surface area contributed by atoms with Crippen molar-refractivity contribution in [3.8, 4) is 5.75 Å². The number of ether oxygens (including phenoxy) is 1. The summed E-state index contributed by atoms with van der Waals surface area (Å²) in [4.78, 5) is 30.7. The topological polar surface area (TPSA) is 49.9 Å². The molecule has 2 amide bonds. The second kappa shape index (κ2) is 9.18. The van der Waals surface area contributed by atoms with Crippen LogP contribution in [0.3, 0.4) is 0 Å². The molecule has 0 saturated carbocycles. The van der Waals surface area contributed by atoms with Crippen LogP contribution in [0.2, 0.25) is 0 Å². The molecule has 0 aliphatic carbocycles. The van der Waals surface area contributed by atoms with E-state index in [0.717, 1.165) is 41.0 Å². The Hall–Kier alpha value is -3.86. The number of fused-ring (bicyclic) bond motifs is 1. The first kappa shape index (κ1) is 22.0. The zero-order chi connectivity index (χ0) is 23.7. The van der Waals surface area contributed by atoms with Crippen LogP contribution in [0, 0.1) is 13.8 Å². The third kappa shape index (κ3) is 4.10. The molecule has 2 heterocycles. The molecule has 3 aromatic carbocycles. The molecule has 3 aromatic rings. The molecular weight excluding hydrogens is 424 g/mol. The third-order valence-electron chi connectivity index (χ3n) is 6.37. The molecule has 0 bridgehead atoms. The van der Waals surface area contributed by atoms with Crippen LogP contribution in [0.1, 0.15) is 28.7 Å². The van der Waals surface area contributed by atoms with Gasteiger partial charge in [-0.2, -0.15) is 0 Å². The van der Waals surface area contributed by atoms with Crippen LogP contribution in [0.15, 0.2) is 78.5 Å². The van der Waals surface area contributed by atoms with Gasteiger partial charge in [-0.3, -0.25) is 14.5 Å². The van der Waals surface area contributed by atoms with Crippen LogP contribution in [0.4, 0.5) is 5.69 Å². The minimum atomic E-state index is -0.265. The maximum atomic E-state index is 13.7. The first-order valence-corrected chi connectivity index (χ1v) is 11.8. The molecule has 5 rings (SSSR count). The summed E-state index contributed by atoms with van der Waals surface area (Å²) in [6, 6.07) is 23.6. The van der Waals surface area contributed by atoms with Gasteiger partial charge in [0.05, 0.1) is 12.1 Å². The summed E-state index contributed by atoms with van der Waals surface area (Å²) in [5.41, 5.74) is 6.13. The van der Waals surface area contributed by atoms with Gasteiger partial charge in [0.25, 0.3) is 11.8 Å². The van der Waals surface area contributed by atoms with Gasteiger partial charge >= 0.3 is 0 Å². The molecule has 0 fully saturated rings. The number of carbonyl (C=O) groups excluding carboxylic acids is 2. The number of carbonyl (C=O) groups is 2. The summed E-state index contributed by atoms with van der Waals surface area (Å²) < 4.78 is 5.93. The highest BCUT2D eigenvalue weighted by Gasteiger charge is 2.42. The number of nitrogens with zero attached hydrogens (tertiary/aromatic N) is 2. The van der Waals surface area contributed by atoms with E-state index in [0.29, 0.717) is 17.8 Å². The predicted octanol–water partition coefficient (Wildman–Crippen LogP) is 4.92. The van der Waals surface area contributed by atoms with Crippen molar-refractivity contribution in [2.24, 2.45) is 0 Å². The zero-order valence-corrected chi connectivity index (χ0v) is 19.6. The van der Waals surface area contributed by atoms with Crippen molar-refractivity contribution in [2.75, 3.05) is 24.6 Å². The summed E-state index contributed by atoms with van der Waals surface area (Å²) in [7, 11) is 0. The van der Waals surface area contributed by atoms with E-state index in [1.54, 1.807) is 0 Å². The molecule has 34 heavy (non-hydrogen) atoms. The van der Waals surface area contributed by atoms with Crippen molar-refractivity contribution in [1.82, 2.24) is 4.90 Å². The SMILES string of the molecule is Cc1cc(C)cc(OCCN2C(=O)C(c3ccccc3)=C(N3CCCc4ccccc43)C2=O)c1. The van der Waals surface area contributed by atoms with Gasteiger partial charge in [0.1, 0.15) is 18.1 Å². The van der Waals surface area contributed by atoms with Gasteiger partial charge in [-0.05, 0) is 67.1 Å². The van der Waals surface area contributed by atoms with Crippen LogP contribution in [0.25, 0.3) is 5.57 Å². The number of anilines is 1. The van der Waals surface area contributed by atoms with Gasteiger partial charge in [0.15, 0.2) is 0 Å². The normalized spacial score (nSPS) is 15.7.